The first-order valence-corrected chi connectivity index (χ1v) is 8.59. The standard InChI is InChI=1S/C15H22ClNO2S/c16-15-4-2-1-3-12(15)10-19-11-14(18)9-17-13-5-7-20-8-6-13/h1-4,13-14,17-18H,5-11H2. The van der Waals surface area contributed by atoms with Gasteiger partial charge >= 0.3 is 0 Å². The monoisotopic (exact) mass is 315 g/mol. The molecular weight excluding hydrogens is 294 g/mol. The van der Waals surface area contributed by atoms with Crippen molar-refractivity contribution in [1.29, 1.82) is 0 Å². The fourth-order valence-corrected chi connectivity index (χ4v) is 3.48. The predicted octanol–water partition coefficient (Wildman–Crippen LogP) is 2.70. The lowest BCUT2D eigenvalue weighted by atomic mass is 10.1. The second-order valence-electron chi connectivity index (χ2n) is 5.06. The van der Waals surface area contributed by atoms with Crippen LogP contribution in [0.25, 0.3) is 0 Å². The van der Waals surface area contributed by atoms with Crippen molar-refractivity contribution in [2.75, 3.05) is 24.7 Å². The summed E-state index contributed by atoms with van der Waals surface area (Å²) in [6.07, 6.45) is 1.92. The molecule has 1 aromatic carbocycles. The first kappa shape index (κ1) is 16.1. The minimum Gasteiger partial charge on any atom is -0.389 e. The highest BCUT2D eigenvalue weighted by atomic mass is 35.5. The van der Waals surface area contributed by atoms with Gasteiger partial charge in [-0.05, 0) is 36.0 Å². The lowest BCUT2D eigenvalue weighted by Crippen LogP contribution is -2.39. The van der Waals surface area contributed by atoms with Crippen molar-refractivity contribution in [2.45, 2.75) is 31.6 Å². The zero-order chi connectivity index (χ0) is 14.2. The number of thioether (sulfide) groups is 1. The van der Waals surface area contributed by atoms with Gasteiger partial charge < -0.3 is 15.2 Å². The van der Waals surface area contributed by atoms with Gasteiger partial charge in [-0.15, -0.1) is 0 Å². The van der Waals surface area contributed by atoms with Crippen LogP contribution in [-0.2, 0) is 11.3 Å². The number of aliphatic hydroxyl groups is 1. The summed E-state index contributed by atoms with van der Waals surface area (Å²) >= 11 is 8.05. The Balaban J connectivity index is 1.60. The summed E-state index contributed by atoms with van der Waals surface area (Å²) in [5.74, 6) is 2.44. The van der Waals surface area contributed by atoms with Crippen LogP contribution < -0.4 is 5.32 Å². The van der Waals surface area contributed by atoms with E-state index in [1.165, 1.54) is 24.3 Å². The maximum atomic E-state index is 9.90. The Bertz CT molecular complexity index is 399. The van der Waals surface area contributed by atoms with Crippen molar-refractivity contribution in [3.63, 3.8) is 0 Å². The smallest absolute Gasteiger partial charge is 0.0897 e. The third-order valence-corrected chi connectivity index (χ3v) is 4.81. The minimum atomic E-state index is -0.466. The van der Waals surface area contributed by atoms with Gasteiger partial charge in [0.1, 0.15) is 0 Å². The van der Waals surface area contributed by atoms with Crippen LogP contribution in [0.2, 0.25) is 5.02 Å². The maximum Gasteiger partial charge on any atom is 0.0897 e. The van der Waals surface area contributed by atoms with Gasteiger partial charge in [0, 0.05) is 17.6 Å². The molecule has 3 nitrogen and oxygen atoms in total. The number of nitrogens with one attached hydrogen (secondary N) is 1. The number of hydrogen-bond acceptors (Lipinski definition) is 4. The van der Waals surface area contributed by atoms with Crippen molar-refractivity contribution in [2.24, 2.45) is 0 Å². The molecule has 2 N–H and O–H groups in total. The van der Waals surface area contributed by atoms with Crippen LogP contribution in [0.3, 0.4) is 0 Å². The molecular formula is C15H22ClNO2S. The minimum absolute atomic E-state index is 0.333. The Morgan fingerprint density at radius 2 is 2.10 bits per heavy atom. The van der Waals surface area contributed by atoms with Crippen LogP contribution in [0.4, 0.5) is 0 Å². The Morgan fingerprint density at radius 1 is 1.35 bits per heavy atom. The molecule has 1 heterocycles. The zero-order valence-electron chi connectivity index (χ0n) is 11.6. The van der Waals surface area contributed by atoms with Gasteiger partial charge in [0.2, 0.25) is 0 Å². The molecule has 1 aliphatic rings. The van der Waals surface area contributed by atoms with Gasteiger partial charge in [0.25, 0.3) is 0 Å². The fraction of sp³-hybridized carbons (Fsp3) is 0.600. The molecule has 0 aromatic heterocycles. The van der Waals surface area contributed by atoms with Gasteiger partial charge in [0.05, 0.1) is 19.3 Å². The SMILES string of the molecule is OC(CNC1CCSCC1)COCc1ccccc1Cl. The molecule has 2 rings (SSSR count). The highest BCUT2D eigenvalue weighted by Gasteiger charge is 2.14. The van der Waals surface area contributed by atoms with E-state index in [0.29, 0.717) is 30.8 Å². The molecule has 1 fully saturated rings. The van der Waals surface area contributed by atoms with E-state index in [-0.39, 0.29) is 0 Å². The van der Waals surface area contributed by atoms with Gasteiger partial charge in [-0.3, -0.25) is 0 Å². The molecule has 0 spiro atoms. The molecule has 0 bridgehead atoms. The average molecular weight is 316 g/mol. The van der Waals surface area contributed by atoms with Crippen LogP contribution in [0, 0.1) is 0 Å². The maximum absolute atomic E-state index is 9.90. The van der Waals surface area contributed by atoms with Crippen LogP contribution in [0.1, 0.15) is 18.4 Å². The molecule has 112 valence electrons. The normalized spacial score (nSPS) is 18.1. The summed E-state index contributed by atoms with van der Waals surface area (Å²) in [5.41, 5.74) is 0.957. The Morgan fingerprint density at radius 3 is 2.85 bits per heavy atom. The van der Waals surface area contributed by atoms with Crippen LogP contribution in [0.15, 0.2) is 24.3 Å². The third-order valence-electron chi connectivity index (χ3n) is 3.39. The lowest BCUT2D eigenvalue weighted by molar-refractivity contribution is 0.0275. The topological polar surface area (TPSA) is 41.5 Å². The highest BCUT2D eigenvalue weighted by molar-refractivity contribution is 7.99. The highest BCUT2D eigenvalue weighted by Crippen LogP contribution is 2.17. The van der Waals surface area contributed by atoms with Crippen LogP contribution in [0.5, 0.6) is 0 Å². The van der Waals surface area contributed by atoms with E-state index < -0.39 is 6.10 Å². The van der Waals surface area contributed by atoms with Crippen molar-refractivity contribution in [1.82, 2.24) is 5.32 Å². The number of hydrogen-bond donors (Lipinski definition) is 2. The molecule has 0 radical (unpaired) electrons. The second-order valence-corrected chi connectivity index (χ2v) is 6.69. The third kappa shape index (κ3) is 5.62. The van der Waals surface area contributed by atoms with E-state index in [4.69, 9.17) is 16.3 Å². The summed E-state index contributed by atoms with van der Waals surface area (Å²) in [7, 11) is 0. The molecule has 0 aliphatic carbocycles. The number of halogens is 1. The lowest BCUT2D eigenvalue weighted by Gasteiger charge is -2.24. The predicted molar refractivity (Wildman–Crippen MR) is 85.5 cm³/mol. The first-order chi connectivity index (χ1) is 9.75. The van der Waals surface area contributed by atoms with Gasteiger partial charge in [-0.2, -0.15) is 11.8 Å². The molecule has 20 heavy (non-hydrogen) atoms. The summed E-state index contributed by atoms with van der Waals surface area (Å²) in [6.45, 7) is 1.37. The Hall–Kier alpha value is -0.260. The van der Waals surface area contributed by atoms with Crippen molar-refractivity contribution >= 4 is 23.4 Å². The Labute approximate surface area is 130 Å². The van der Waals surface area contributed by atoms with Gasteiger partial charge in [-0.1, -0.05) is 29.8 Å². The van der Waals surface area contributed by atoms with E-state index in [1.807, 2.05) is 36.0 Å². The fourth-order valence-electron chi connectivity index (χ4n) is 2.18. The van der Waals surface area contributed by atoms with E-state index in [1.54, 1.807) is 0 Å². The quantitative estimate of drug-likeness (QED) is 0.812. The molecule has 1 aromatic rings. The molecule has 1 aliphatic heterocycles. The van der Waals surface area contributed by atoms with E-state index in [9.17, 15) is 5.11 Å². The first-order valence-electron chi connectivity index (χ1n) is 7.06. The molecule has 5 heteroatoms. The van der Waals surface area contributed by atoms with E-state index >= 15 is 0 Å². The number of ether oxygens (including phenoxy) is 1. The number of benzene rings is 1. The molecule has 0 amide bonds. The molecule has 0 saturated carbocycles. The molecule has 1 saturated heterocycles. The summed E-state index contributed by atoms with van der Waals surface area (Å²) < 4.78 is 5.52. The van der Waals surface area contributed by atoms with Crippen molar-refractivity contribution in [3.8, 4) is 0 Å². The summed E-state index contributed by atoms with van der Waals surface area (Å²) in [5, 5.41) is 14.0. The second kappa shape index (κ2) is 8.90. The summed E-state index contributed by atoms with van der Waals surface area (Å²) in [6, 6.07) is 8.16. The number of rotatable bonds is 7. The van der Waals surface area contributed by atoms with E-state index in [0.717, 1.165) is 5.56 Å². The average Bonchev–Trinajstić information content (AvgIpc) is 2.48. The van der Waals surface area contributed by atoms with Crippen LogP contribution >= 0.6 is 23.4 Å². The number of aliphatic hydroxyl groups excluding tert-OH is 1. The summed E-state index contributed by atoms with van der Waals surface area (Å²) in [4.78, 5) is 0. The van der Waals surface area contributed by atoms with Crippen LogP contribution in [-0.4, -0.2) is 41.9 Å². The largest absolute Gasteiger partial charge is 0.389 e. The van der Waals surface area contributed by atoms with Crippen molar-refractivity contribution < 1.29 is 9.84 Å². The van der Waals surface area contributed by atoms with Gasteiger partial charge in [0.15, 0.2) is 0 Å². The zero-order valence-corrected chi connectivity index (χ0v) is 13.1. The van der Waals surface area contributed by atoms with Crippen molar-refractivity contribution in [3.05, 3.63) is 34.9 Å². The van der Waals surface area contributed by atoms with Gasteiger partial charge in [-0.25, -0.2) is 0 Å². The Kier molecular flexibility index (Phi) is 7.17. The van der Waals surface area contributed by atoms with E-state index in [2.05, 4.69) is 5.32 Å². The molecule has 1 unspecified atom stereocenters. The molecule has 1 atom stereocenters.